The molecule has 1 aliphatic heterocycles. The summed E-state index contributed by atoms with van der Waals surface area (Å²) < 4.78 is 5.47. The first-order valence-electron chi connectivity index (χ1n) is 6.53. The number of carbonyl (C=O) groups excluding carboxylic acids is 1. The van der Waals surface area contributed by atoms with E-state index in [0.29, 0.717) is 17.9 Å². The molecule has 1 heterocycles. The van der Waals surface area contributed by atoms with Gasteiger partial charge in [0.25, 0.3) is 0 Å². The van der Waals surface area contributed by atoms with E-state index in [2.05, 4.69) is 12.6 Å². The Morgan fingerprint density at radius 1 is 1.47 bits per heavy atom. The molecule has 0 radical (unpaired) electrons. The third-order valence-electron chi connectivity index (χ3n) is 3.63. The highest BCUT2D eigenvalue weighted by atomic mass is 32.1. The topological polar surface area (TPSA) is 29.5 Å². The van der Waals surface area contributed by atoms with Crippen molar-refractivity contribution >= 4 is 18.7 Å². The molecule has 2 fully saturated rings. The predicted octanol–water partition coefficient (Wildman–Crippen LogP) is 2.95. The second kappa shape index (κ2) is 4.71. The fraction of sp³-hybridized carbons (Fsp3) is 0.923. The quantitative estimate of drug-likeness (QED) is 0.771. The van der Waals surface area contributed by atoms with Crippen LogP contribution in [0.2, 0.25) is 0 Å². The third kappa shape index (κ3) is 3.09. The Hall–Kier alpha value is -0.380. The molecular formula is C13H23NO2S. The molecular weight excluding hydrogens is 234 g/mol. The zero-order valence-electron chi connectivity index (χ0n) is 11.0. The summed E-state index contributed by atoms with van der Waals surface area (Å²) in [5.74, 6) is 2.33. The number of thiol groups is 1. The number of hydrogen-bond donors (Lipinski definition) is 1. The molecule has 0 aromatic rings. The SMILES string of the molecule is CC(C)(C)OC(=O)N1CCCC1C1CC1CS. The molecule has 2 rings (SSSR count). The Balaban J connectivity index is 1.93. The van der Waals surface area contributed by atoms with E-state index in [-0.39, 0.29) is 6.09 Å². The van der Waals surface area contributed by atoms with E-state index >= 15 is 0 Å². The molecule has 0 aromatic carbocycles. The summed E-state index contributed by atoms with van der Waals surface area (Å²) in [4.78, 5) is 14.0. The molecule has 3 nitrogen and oxygen atoms in total. The Kier molecular flexibility index (Phi) is 3.62. The maximum atomic E-state index is 12.1. The molecule has 3 unspecified atom stereocenters. The van der Waals surface area contributed by atoms with Crippen LogP contribution in [0, 0.1) is 11.8 Å². The average molecular weight is 257 g/mol. The van der Waals surface area contributed by atoms with Gasteiger partial charge in [0.1, 0.15) is 5.60 Å². The first kappa shape index (κ1) is 13.1. The monoisotopic (exact) mass is 257 g/mol. The highest BCUT2D eigenvalue weighted by molar-refractivity contribution is 7.80. The normalized spacial score (nSPS) is 32.7. The van der Waals surface area contributed by atoms with Crippen LogP contribution >= 0.6 is 12.6 Å². The van der Waals surface area contributed by atoms with Crippen molar-refractivity contribution in [2.24, 2.45) is 11.8 Å². The van der Waals surface area contributed by atoms with Crippen molar-refractivity contribution in [3.63, 3.8) is 0 Å². The maximum Gasteiger partial charge on any atom is 0.410 e. The van der Waals surface area contributed by atoms with Gasteiger partial charge in [0, 0.05) is 12.6 Å². The lowest BCUT2D eigenvalue weighted by Crippen LogP contribution is -2.41. The molecule has 0 bridgehead atoms. The van der Waals surface area contributed by atoms with E-state index in [9.17, 15) is 4.79 Å². The van der Waals surface area contributed by atoms with Gasteiger partial charge in [-0.1, -0.05) is 0 Å². The minimum Gasteiger partial charge on any atom is -0.444 e. The summed E-state index contributed by atoms with van der Waals surface area (Å²) in [6, 6.07) is 0.405. The summed E-state index contributed by atoms with van der Waals surface area (Å²) in [5.41, 5.74) is -0.392. The summed E-state index contributed by atoms with van der Waals surface area (Å²) >= 11 is 4.35. The number of likely N-dealkylation sites (tertiary alicyclic amines) is 1. The van der Waals surface area contributed by atoms with Gasteiger partial charge in [0.2, 0.25) is 0 Å². The standard InChI is InChI=1S/C13H23NO2S/c1-13(2,3)16-12(15)14-6-4-5-11(14)10-7-9(10)8-17/h9-11,17H,4-8H2,1-3H3. The van der Waals surface area contributed by atoms with Crippen molar-refractivity contribution in [3.8, 4) is 0 Å². The lowest BCUT2D eigenvalue weighted by molar-refractivity contribution is 0.0206. The molecule has 1 saturated heterocycles. The van der Waals surface area contributed by atoms with Crippen LogP contribution in [0.3, 0.4) is 0 Å². The fourth-order valence-electron chi connectivity index (χ4n) is 2.74. The van der Waals surface area contributed by atoms with E-state index in [1.165, 1.54) is 6.42 Å². The predicted molar refractivity (Wildman–Crippen MR) is 71.4 cm³/mol. The van der Waals surface area contributed by atoms with Gasteiger partial charge in [-0.3, -0.25) is 0 Å². The molecule has 17 heavy (non-hydrogen) atoms. The van der Waals surface area contributed by atoms with Crippen LogP contribution in [0.25, 0.3) is 0 Å². The van der Waals surface area contributed by atoms with Crippen molar-refractivity contribution in [1.29, 1.82) is 0 Å². The van der Waals surface area contributed by atoms with Crippen LogP contribution in [0.15, 0.2) is 0 Å². The highest BCUT2D eigenvalue weighted by Gasteiger charge is 2.47. The second-order valence-electron chi connectivity index (χ2n) is 6.23. The summed E-state index contributed by atoms with van der Waals surface area (Å²) in [7, 11) is 0. The van der Waals surface area contributed by atoms with Crippen molar-refractivity contribution in [1.82, 2.24) is 4.90 Å². The van der Waals surface area contributed by atoms with Gasteiger partial charge in [0.15, 0.2) is 0 Å². The number of ether oxygens (including phenoxy) is 1. The van der Waals surface area contributed by atoms with Crippen molar-refractivity contribution < 1.29 is 9.53 Å². The average Bonchev–Trinajstić information content (AvgIpc) is 2.83. The van der Waals surface area contributed by atoms with Crippen LogP contribution in [-0.4, -0.2) is 34.9 Å². The largest absolute Gasteiger partial charge is 0.444 e. The molecule has 1 aliphatic carbocycles. The number of rotatable bonds is 2. The Bertz CT molecular complexity index is 300. The number of carbonyl (C=O) groups is 1. The van der Waals surface area contributed by atoms with E-state index in [0.717, 1.165) is 25.1 Å². The zero-order valence-corrected chi connectivity index (χ0v) is 11.9. The third-order valence-corrected chi connectivity index (χ3v) is 4.10. The Labute approximate surface area is 109 Å². The van der Waals surface area contributed by atoms with Gasteiger partial charge < -0.3 is 9.64 Å². The molecule has 2 aliphatic rings. The molecule has 0 aromatic heterocycles. The molecule has 1 amide bonds. The summed E-state index contributed by atoms with van der Waals surface area (Å²) in [6.45, 7) is 6.62. The minimum atomic E-state index is -0.392. The molecule has 98 valence electrons. The van der Waals surface area contributed by atoms with Crippen molar-refractivity contribution in [2.75, 3.05) is 12.3 Å². The molecule has 0 spiro atoms. The van der Waals surface area contributed by atoms with E-state index < -0.39 is 5.60 Å². The molecule has 0 N–H and O–H groups in total. The van der Waals surface area contributed by atoms with Crippen LogP contribution in [0.1, 0.15) is 40.0 Å². The first-order valence-corrected chi connectivity index (χ1v) is 7.16. The smallest absolute Gasteiger partial charge is 0.410 e. The van der Waals surface area contributed by atoms with E-state index in [4.69, 9.17) is 4.74 Å². The highest BCUT2D eigenvalue weighted by Crippen LogP contribution is 2.46. The molecule has 3 atom stereocenters. The van der Waals surface area contributed by atoms with E-state index in [1.54, 1.807) is 0 Å². The van der Waals surface area contributed by atoms with Crippen LogP contribution in [0.4, 0.5) is 4.79 Å². The van der Waals surface area contributed by atoms with Gasteiger partial charge in [-0.15, -0.1) is 0 Å². The number of nitrogens with zero attached hydrogens (tertiary/aromatic N) is 1. The van der Waals surface area contributed by atoms with Crippen LogP contribution in [-0.2, 0) is 4.74 Å². The summed E-state index contributed by atoms with van der Waals surface area (Å²) in [5, 5.41) is 0. The van der Waals surface area contributed by atoms with Gasteiger partial charge in [-0.25, -0.2) is 4.79 Å². The summed E-state index contributed by atoms with van der Waals surface area (Å²) in [6.07, 6.45) is 3.34. The van der Waals surface area contributed by atoms with Gasteiger partial charge in [0.05, 0.1) is 0 Å². The van der Waals surface area contributed by atoms with E-state index in [1.807, 2.05) is 25.7 Å². The van der Waals surface area contributed by atoms with Crippen LogP contribution in [0.5, 0.6) is 0 Å². The Morgan fingerprint density at radius 2 is 2.18 bits per heavy atom. The lowest BCUT2D eigenvalue weighted by atomic mass is 10.1. The maximum absolute atomic E-state index is 12.1. The van der Waals surface area contributed by atoms with Crippen molar-refractivity contribution in [3.05, 3.63) is 0 Å². The van der Waals surface area contributed by atoms with Gasteiger partial charge in [-0.05, 0) is 57.6 Å². The Morgan fingerprint density at radius 3 is 2.71 bits per heavy atom. The van der Waals surface area contributed by atoms with Crippen molar-refractivity contribution in [2.45, 2.75) is 51.7 Å². The second-order valence-corrected chi connectivity index (χ2v) is 6.59. The van der Waals surface area contributed by atoms with Crippen LogP contribution < -0.4 is 0 Å². The first-order chi connectivity index (χ1) is 7.92. The van der Waals surface area contributed by atoms with Gasteiger partial charge >= 0.3 is 6.09 Å². The minimum absolute atomic E-state index is 0.134. The lowest BCUT2D eigenvalue weighted by Gasteiger charge is -2.28. The van der Waals surface area contributed by atoms with Gasteiger partial charge in [-0.2, -0.15) is 12.6 Å². The fourth-order valence-corrected chi connectivity index (χ4v) is 3.16. The number of hydrogen-bond acceptors (Lipinski definition) is 3. The number of amides is 1. The molecule has 4 heteroatoms. The molecule has 1 saturated carbocycles. The zero-order chi connectivity index (χ0) is 12.6.